The Morgan fingerprint density at radius 3 is 2.68 bits per heavy atom. The van der Waals surface area contributed by atoms with Gasteiger partial charge in [0.1, 0.15) is 6.61 Å². The Morgan fingerprint density at radius 2 is 1.86 bits per heavy atom. The first-order valence-electron chi connectivity index (χ1n) is 9.33. The van der Waals surface area contributed by atoms with Crippen LogP contribution in [0.2, 0.25) is 0 Å². The highest BCUT2D eigenvalue weighted by molar-refractivity contribution is 5.63. The minimum atomic E-state index is 0.373. The molecule has 0 unspecified atom stereocenters. The zero-order valence-electron chi connectivity index (χ0n) is 15.6. The lowest BCUT2D eigenvalue weighted by molar-refractivity contribution is 0.259. The lowest BCUT2D eigenvalue weighted by atomic mass is 10.0. The van der Waals surface area contributed by atoms with E-state index in [1.54, 1.807) is 6.20 Å². The largest absolute Gasteiger partial charge is 0.470 e. The lowest BCUT2D eigenvalue weighted by Crippen LogP contribution is -2.28. The zero-order chi connectivity index (χ0) is 18.9. The van der Waals surface area contributed by atoms with Gasteiger partial charge in [0.2, 0.25) is 5.88 Å². The molecule has 4 aromatic rings. The average Bonchev–Trinajstić information content (AvgIpc) is 3.17. The summed E-state index contributed by atoms with van der Waals surface area (Å²) in [5.74, 6) is 1.34. The van der Waals surface area contributed by atoms with E-state index in [1.165, 1.54) is 5.56 Å². The van der Waals surface area contributed by atoms with Gasteiger partial charge in [-0.25, -0.2) is 0 Å². The van der Waals surface area contributed by atoms with E-state index in [1.807, 2.05) is 53.0 Å². The Morgan fingerprint density at radius 1 is 1.00 bits per heavy atom. The molecule has 1 aliphatic heterocycles. The summed E-state index contributed by atoms with van der Waals surface area (Å²) >= 11 is 0. The number of benzene rings is 1. The minimum Gasteiger partial charge on any atom is -0.470 e. The average molecular weight is 372 g/mol. The summed E-state index contributed by atoms with van der Waals surface area (Å²) in [7, 11) is 2.11. The van der Waals surface area contributed by atoms with E-state index >= 15 is 0 Å². The fourth-order valence-electron chi connectivity index (χ4n) is 3.56. The number of hydrogen-bond donors (Lipinski definition) is 0. The molecular formula is C21H20N6O. The second-order valence-electron chi connectivity index (χ2n) is 6.98. The molecule has 7 heteroatoms. The monoisotopic (exact) mass is 372 g/mol. The molecule has 0 amide bonds. The fourth-order valence-corrected chi connectivity index (χ4v) is 3.56. The normalized spacial score (nSPS) is 14.2. The summed E-state index contributed by atoms with van der Waals surface area (Å²) in [6, 6.07) is 15.8. The molecule has 28 heavy (non-hydrogen) atoms. The minimum absolute atomic E-state index is 0.373. The first-order valence-corrected chi connectivity index (χ1v) is 9.33. The van der Waals surface area contributed by atoms with Crippen LogP contribution in [-0.4, -0.2) is 43.3 Å². The second-order valence-corrected chi connectivity index (χ2v) is 6.98. The first kappa shape index (κ1) is 16.8. The number of pyridine rings is 1. The third-order valence-electron chi connectivity index (χ3n) is 5.01. The van der Waals surface area contributed by atoms with E-state index in [0.29, 0.717) is 12.5 Å². The summed E-state index contributed by atoms with van der Waals surface area (Å²) in [6.45, 7) is 2.13. The van der Waals surface area contributed by atoms with Crippen molar-refractivity contribution in [1.82, 2.24) is 29.7 Å². The van der Waals surface area contributed by atoms with Gasteiger partial charge in [-0.15, -0.1) is 15.3 Å². The lowest BCUT2D eigenvalue weighted by Gasteiger charge is -2.26. The smallest absolute Gasteiger partial charge is 0.237 e. The molecule has 4 heterocycles. The van der Waals surface area contributed by atoms with Crippen LogP contribution in [0.1, 0.15) is 16.8 Å². The molecule has 0 atom stereocenters. The molecule has 0 N–H and O–H groups in total. The number of rotatable bonds is 4. The number of ether oxygens (including phenoxy) is 1. The van der Waals surface area contributed by atoms with E-state index in [-0.39, 0.29) is 0 Å². The van der Waals surface area contributed by atoms with Gasteiger partial charge < -0.3 is 9.64 Å². The Labute approximate surface area is 162 Å². The standard InChI is InChI=1S/C21H20N6O/c1-26-12-10-17-18(13-26)21(28-14-16-9-5-6-11-22-16)25-27-19(23-24-20(17)27)15-7-3-2-4-8-15/h2-9,11H,10,12-14H2,1H3. The molecule has 1 aliphatic rings. The van der Waals surface area contributed by atoms with Gasteiger partial charge in [0, 0.05) is 36.0 Å². The van der Waals surface area contributed by atoms with Crippen molar-refractivity contribution in [3.8, 4) is 17.3 Å². The van der Waals surface area contributed by atoms with Crippen LogP contribution in [0.25, 0.3) is 17.0 Å². The Bertz CT molecular complexity index is 1110. The van der Waals surface area contributed by atoms with Crippen molar-refractivity contribution in [3.05, 3.63) is 71.5 Å². The summed E-state index contributed by atoms with van der Waals surface area (Å²) in [5.41, 5.74) is 4.91. The molecule has 0 saturated carbocycles. The highest BCUT2D eigenvalue weighted by atomic mass is 16.5. The van der Waals surface area contributed by atoms with Gasteiger partial charge in [0.25, 0.3) is 0 Å². The van der Waals surface area contributed by atoms with E-state index in [4.69, 9.17) is 9.84 Å². The van der Waals surface area contributed by atoms with Gasteiger partial charge in [-0.3, -0.25) is 4.98 Å². The summed E-state index contributed by atoms with van der Waals surface area (Å²) in [6.07, 6.45) is 2.66. The molecule has 0 bridgehead atoms. The summed E-state index contributed by atoms with van der Waals surface area (Å²) in [4.78, 5) is 6.61. The number of nitrogens with zero attached hydrogens (tertiary/aromatic N) is 6. The van der Waals surface area contributed by atoms with Gasteiger partial charge in [-0.2, -0.15) is 4.52 Å². The Kier molecular flexibility index (Phi) is 4.21. The topological polar surface area (TPSA) is 68.4 Å². The van der Waals surface area contributed by atoms with Gasteiger partial charge in [-0.05, 0) is 25.6 Å². The van der Waals surface area contributed by atoms with Gasteiger partial charge in [0.15, 0.2) is 11.5 Å². The van der Waals surface area contributed by atoms with Gasteiger partial charge in [0.05, 0.1) is 5.69 Å². The van der Waals surface area contributed by atoms with Crippen molar-refractivity contribution >= 4 is 5.65 Å². The Balaban J connectivity index is 1.62. The third kappa shape index (κ3) is 2.99. The van der Waals surface area contributed by atoms with Crippen molar-refractivity contribution < 1.29 is 4.74 Å². The molecule has 140 valence electrons. The quantitative estimate of drug-likeness (QED) is 0.549. The number of aromatic nitrogens is 5. The number of likely N-dealkylation sites (N-methyl/N-ethyl adjacent to an activating group) is 1. The van der Waals surface area contributed by atoms with Crippen LogP contribution >= 0.6 is 0 Å². The zero-order valence-corrected chi connectivity index (χ0v) is 15.6. The van der Waals surface area contributed by atoms with Crippen LogP contribution in [0.5, 0.6) is 5.88 Å². The predicted octanol–water partition coefficient (Wildman–Crippen LogP) is 2.75. The molecular weight excluding hydrogens is 352 g/mol. The first-order chi connectivity index (χ1) is 13.8. The van der Waals surface area contributed by atoms with Crippen molar-refractivity contribution in [3.63, 3.8) is 0 Å². The van der Waals surface area contributed by atoms with Crippen LogP contribution in [0.15, 0.2) is 54.7 Å². The van der Waals surface area contributed by atoms with Crippen molar-refractivity contribution in [2.24, 2.45) is 0 Å². The van der Waals surface area contributed by atoms with E-state index in [2.05, 4.69) is 27.1 Å². The van der Waals surface area contributed by atoms with Crippen molar-refractivity contribution in [2.75, 3.05) is 13.6 Å². The Hall–Kier alpha value is -3.32. The molecule has 0 saturated heterocycles. The highest BCUT2D eigenvalue weighted by Crippen LogP contribution is 2.30. The van der Waals surface area contributed by atoms with Crippen LogP contribution in [0.4, 0.5) is 0 Å². The van der Waals surface area contributed by atoms with Gasteiger partial charge >= 0.3 is 0 Å². The molecule has 0 fully saturated rings. The molecule has 0 aliphatic carbocycles. The van der Waals surface area contributed by atoms with E-state index < -0.39 is 0 Å². The maximum atomic E-state index is 6.13. The van der Waals surface area contributed by atoms with Crippen LogP contribution < -0.4 is 4.74 Å². The maximum Gasteiger partial charge on any atom is 0.237 e. The van der Waals surface area contributed by atoms with E-state index in [0.717, 1.165) is 47.8 Å². The SMILES string of the molecule is CN1CCc2c(c(OCc3ccccn3)nn3c(-c4ccccc4)nnc23)C1. The van der Waals surface area contributed by atoms with Crippen LogP contribution in [0, 0.1) is 0 Å². The molecule has 3 aromatic heterocycles. The summed E-state index contributed by atoms with van der Waals surface area (Å²) in [5, 5.41) is 13.7. The van der Waals surface area contributed by atoms with E-state index in [9.17, 15) is 0 Å². The van der Waals surface area contributed by atoms with Gasteiger partial charge in [-0.1, -0.05) is 36.4 Å². The van der Waals surface area contributed by atoms with Crippen LogP contribution in [-0.2, 0) is 19.6 Å². The number of hydrogen-bond acceptors (Lipinski definition) is 6. The molecule has 7 nitrogen and oxygen atoms in total. The number of fused-ring (bicyclic) bond motifs is 3. The highest BCUT2D eigenvalue weighted by Gasteiger charge is 2.25. The summed E-state index contributed by atoms with van der Waals surface area (Å²) < 4.78 is 7.94. The molecule has 0 radical (unpaired) electrons. The van der Waals surface area contributed by atoms with Crippen molar-refractivity contribution in [2.45, 2.75) is 19.6 Å². The molecule has 1 aromatic carbocycles. The molecule has 0 spiro atoms. The fraction of sp³-hybridized carbons (Fsp3) is 0.238. The second kappa shape index (κ2) is 7.01. The van der Waals surface area contributed by atoms with Crippen LogP contribution in [0.3, 0.4) is 0 Å². The van der Waals surface area contributed by atoms with Crippen molar-refractivity contribution in [1.29, 1.82) is 0 Å². The third-order valence-corrected chi connectivity index (χ3v) is 5.01. The molecule has 5 rings (SSSR count). The maximum absolute atomic E-state index is 6.13. The predicted molar refractivity (Wildman–Crippen MR) is 105 cm³/mol.